The average Bonchev–Trinajstić information content (AvgIpc) is 2.80. The van der Waals surface area contributed by atoms with Crippen molar-refractivity contribution >= 4 is 33.0 Å². The fraction of sp³-hybridized carbons (Fsp3) is 0.167. The van der Waals surface area contributed by atoms with Crippen molar-refractivity contribution in [3.63, 3.8) is 0 Å². The highest BCUT2D eigenvalue weighted by molar-refractivity contribution is 9.10. The molecule has 0 fully saturated rings. The molecule has 0 saturated heterocycles. The SMILES string of the molecule is Cc1ccc(Br)cc1C(=O)c1cnc(C(F)(F)F)s1. The molecule has 1 aromatic heterocycles. The van der Waals surface area contributed by atoms with Crippen molar-refractivity contribution in [3.8, 4) is 0 Å². The summed E-state index contributed by atoms with van der Waals surface area (Å²) in [5.74, 6) is -0.452. The first-order valence-corrected chi connectivity index (χ1v) is 6.74. The number of hydrogen-bond donors (Lipinski definition) is 0. The molecule has 19 heavy (non-hydrogen) atoms. The number of carbonyl (C=O) groups excluding carboxylic acids is 1. The molecule has 0 aliphatic rings. The minimum Gasteiger partial charge on any atom is -0.288 e. The predicted octanol–water partition coefficient (Wildman–Crippen LogP) is 4.46. The molecule has 0 unspecified atom stereocenters. The van der Waals surface area contributed by atoms with Gasteiger partial charge in [0, 0.05) is 16.2 Å². The summed E-state index contributed by atoms with van der Waals surface area (Å²) in [6, 6.07) is 5.08. The normalized spacial score (nSPS) is 11.6. The number of halogens is 4. The maximum atomic E-state index is 12.4. The van der Waals surface area contributed by atoms with Crippen molar-refractivity contribution in [1.29, 1.82) is 0 Å². The van der Waals surface area contributed by atoms with E-state index in [9.17, 15) is 18.0 Å². The predicted molar refractivity (Wildman–Crippen MR) is 69.4 cm³/mol. The number of nitrogens with zero attached hydrogens (tertiary/aromatic N) is 1. The standard InChI is InChI=1S/C12H7BrF3NOS/c1-6-2-3-7(13)4-8(6)10(18)9-5-17-11(19-9)12(14,15)16/h2-5H,1H3. The Morgan fingerprint density at radius 2 is 2.05 bits per heavy atom. The maximum Gasteiger partial charge on any atom is 0.443 e. The third kappa shape index (κ3) is 3.03. The van der Waals surface area contributed by atoms with E-state index in [1.807, 2.05) is 0 Å². The molecule has 0 radical (unpaired) electrons. The summed E-state index contributed by atoms with van der Waals surface area (Å²) in [7, 11) is 0. The zero-order chi connectivity index (χ0) is 14.2. The summed E-state index contributed by atoms with van der Waals surface area (Å²) in [5, 5.41) is -1.01. The van der Waals surface area contributed by atoms with E-state index in [0.717, 1.165) is 6.20 Å². The lowest BCUT2D eigenvalue weighted by molar-refractivity contribution is -0.137. The lowest BCUT2D eigenvalue weighted by Crippen LogP contribution is -2.03. The number of carbonyl (C=O) groups is 1. The molecule has 7 heteroatoms. The van der Waals surface area contributed by atoms with Gasteiger partial charge in [-0.2, -0.15) is 13.2 Å². The third-order valence-corrected chi connectivity index (χ3v) is 3.95. The van der Waals surface area contributed by atoms with Crippen LogP contribution in [0.4, 0.5) is 13.2 Å². The van der Waals surface area contributed by atoms with Gasteiger partial charge in [0.1, 0.15) is 0 Å². The van der Waals surface area contributed by atoms with Crippen LogP contribution in [0.15, 0.2) is 28.9 Å². The Labute approximate surface area is 119 Å². The quantitative estimate of drug-likeness (QED) is 0.749. The lowest BCUT2D eigenvalue weighted by atomic mass is 10.0. The fourth-order valence-corrected chi connectivity index (χ4v) is 2.58. The van der Waals surface area contributed by atoms with Crippen molar-refractivity contribution in [2.45, 2.75) is 13.1 Å². The second-order valence-corrected chi connectivity index (χ2v) is 5.76. The molecule has 2 rings (SSSR count). The van der Waals surface area contributed by atoms with Gasteiger partial charge in [-0.15, -0.1) is 11.3 Å². The first-order valence-electron chi connectivity index (χ1n) is 5.13. The van der Waals surface area contributed by atoms with Crippen molar-refractivity contribution in [1.82, 2.24) is 4.98 Å². The van der Waals surface area contributed by atoms with Crippen LogP contribution in [0.3, 0.4) is 0 Å². The molecule has 0 N–H and O–H groups in total. The summed E-state index contributed by atoms with van der Waals surface area (Å²) in [6.45, 7) is 1.73. The van der Waals surface area contributed by atoms with Crippen LogP contribution in [0, 0.1) is 6.92 Å². The van der Waals surface area contributed by atoms with Crippen LogP contribution in [0.25, 0.3) is 0 Å². The Hall–Kier alpha value is -1.21. The van der Waals surface area contributed by atoms with Gasteiger partial charge in [0.2, 0.25) is 5.78 Å². The molecular weight excluding hydrogens is 343 g/mol. The molecule has 1 heterocycles. The maximum absolute atomic E-state index is 12.4. The summed E-state index contributed by atoms with van der Waals surface area (Å²) in [6.07, 6.45) is -3.55. The molecule has 0 saturated carbocycles. The van der Waals surface area contributed by atoms with Gasteiger partial charge in [-0.1, -0.05) is 22.0 Å². The van der Waals surface area contributed by atoms with Gasteiger partial charge in [0.15, 0.2) is 5.01 Å². The van der Waals surface area contributed by atoms with Gasteiger partial charge >= 0.3 is 6.18 Å². The van der Waals surface area contributed by atoms with Gasteiger partial charge in [0.05, 0.1) is 4.88 Å². The van der Waals surface area contributed by atoms with Gasteiger partial charge in [-0.3, -0.25) is 4.79 Å². The van der Waals surface area contributed by atoms with Gasteiger partial charge in [-0.25, -0.2) is 4.98 Å². The summed E-state index contributed by atoms with van der Waals surface area (Å²) in [4.78, 5) is 15.4. The molecule has 0 aliphatic heterocycles. The monoisotopic (exact) mass is 349 g/mol. The van der Waals surface area contributed by atoms with E-state index in [4.69, 9.17) is 0 Å². The smallest absolute Gasteiger partial charge is 0.288 e. The highest BCUT2D eigenvalue weighted by Gasteiger charge is 2.35. The molecule has 0 atom stereocenters. The van der Waals surface area contributed by atoms with Crippen molar-refractivity contribution < 1.29 is 18.0 Å². The Morgan fingerprint density at radius 1 is 1.37 bits per heavy atom. The Morgan fingerprint density at radius 3 is 2.63 bits per heavy atom. The molecule has 2 nitrogen and oxygen atoms in total. The highest BCUT2D eigenvalue weighted by atomic mass is 79.9. The van der Waals surface area contributed by atoms with Crippen LogP contribution < -0.4 is 0 Å². The average molecular weight is 350 g/mol. The number of aryl methyl sites for hydroxylation is 1. The Balaban J connectivity index is 2.39. The van der Waals surface area contributed by atoms with Crippen molar-refractivity contribution in [3.05, 3.63) is 49.9 Å². The topological polar surface area (TPSA) is 30.0 Å². The molecular formula is C12H7BrF3NOS. The van der Waals surface area contributed by atoms with E-state index in [1.54, 1.807) is 25.1 Å². The Bertz CT molecular complexity index is 636. The number of ketones is 1. The first kappa shape index (κ1) is 14.2. The molecule has 0 amide bonds. The van der Waals surface area contributed by atoms with Crippen LogP contribution in [0.1, 0.15) is 25.8 Å². The van der Waals surface area contributed by atoms with Crippen LogP contribution in [-0.2, 0) is 6.18 Å². The van der Waals surface area contributed by atoms with E-state index < -0.39 is 17.0 Å². The molecule has 100 valence electrons. The minimum absolute atomic E-state index is 0.0199. The second kappa shape index (κ2) is 5.05. The number of aromatic nitrogens is 1. The van der Waals surface area contributed by atoms with Crippen LogP contribution >= 0.6 is 27.3 Å². The molecule has 0 aliphatic carbocycles. The van der Waals surface area contributed by atoms with Gasteiger partial charge in [-0.05, 0) is 24.6 Å². The first-order chi connectivity index (χ1) is 8.79. The van der Waals surface area contributed by atoms with E-state index >= 15 is 0 Å². The fourth-order valence-electron chi connectivity index (χ4n) is 1.48. The number of rotatable bonds is 2. The van der Waals surface area contributed by atoms with Gasteiger partial charge in [0.25, 0.3) is 0 Å². The molecule has 0 spiro atoms. The summed E-state index contributed by atoms with van der Waals surface area (Å²) >= 11 is 3.59. The second-order valence-electron chi connectivity index (χ2n) is 3.82. The third-order valence-electron chi connectivity index (χ3n) is 2.42. The number of thiazole rings is 1. The zero-order valence-corrected chi connectivity index (χ0v) is 12.0. The largest absolute Gasteiger partial charge is 0.443 e. The van der Waals surface area contributed by atoms with E-state index in [0.29, 0.717) is 26.9 Å². The lowest BCUT2D eigenvalue weighted by Gasteiger charge is -2.03. The van der Waals surface area contributed by atoms with E-state index in [2.05, 4.69) is 20.9 Å². The minimum atomic E-state index is -4.52. The zero-order valence-electron chi connectivity index (χ0n) is 9.58. The number of hydrogen-bond acceptors (Lipinski definition) is 3. The summed E-state index contributed by atoms with van der Waals surface area (Å²) in [5.41, 5.74) is 1.07. The molecule has 2 aromatic rings. The van der Waals surface area contributed by atoms with E-state index in [-0.39, 0.29) is 4.88 Å². The van der Waals surface area contributed by atoms with Crippen LogP contribution in [0.5, 0.6) is 0 Å². The van der Waals surface area contributed by atoms with Crippen LogP contribution in [-0.4, -0.2) is 10.8 Å². The van der Waals surface area contributed by atoms with Gasteiger partial charge < -0.3 is 0 Å². The van der Waals surface area contributed by atoms with Crippen molar-refractivity contribution in [2.75, 3.05) is 0 Å². The van der Waals surface area contributed by atoms with Crippen LogP contribution in [0.2, 0.25) is 0 Å². The Kier molecular flexibility index (Phi) is 3.78. The number of benzene rings is 1. The number of alkyl halides is 3. The van der Waals surface area contributed by atoms with E-state index in [1.165, 1.54) is 0 Å². The molecule has 0 bridgehead atoms. The van der Waals surface area contributed by atoms with Crippen molar-refractivity contribution in [2.24, 2.45) is 0 Å². The summed E-state index contributed by atoms with van der Waals surface area (Å²) < 4.78 is 38.0. The highest BCUT2D eigenvalue weighted by Crippen LogP contribution is 2.33. The molecule has 1 aromatic carbocycles.